The number of amides is 3. The standard InChI is InChI=1S/C25H28BrN3O3/c1-2-20-18-11-12-22(32-15-16-8-6-7-13-27-16)23(26)19(18)14-21-24(30)28(25(31)29(20)21)17-9-4-3-5-10-17/h6-8,11-13,17,20-21H,2-5,9-10,14-15H2,1H3/t20-,21+/m1/s1. The van der Waals surface area contributed by atoms with Crippen LogP contribution in [-0.4, -0.2) is 38.8 Å². The topological polar surface area (TPSA) is 62.7 Å². The van der Waals surface area contributed by atoms with Crippen LogP contribution in [0.4, 0.5) is 4.79 Å². The van der Waals surface area contributed by atoms with Gasteiger partial charge >= 0.3 is 6.03 Å². The zero-order valence-electron chi connectivity index (χ0n) is 18.3. The molecule has 0 N–H and O–H groups in total. The van der Waals surface area contributed by atoms with E-state index >= 15 is 0 Å². The van der Waals surface area contributed by atoms with Crippen LogP contribution in [0.2, 0.25) is 0 Å². The van der Waals surface area contributed by atoms with Gasteiger partial charge in [-0.3, -0.25) is 14.7 Å². The summed E-state index contributed by atoms with van der Waals surface area (Å²) in [4.78, 5) is 34.6. The van der Waals surface area contributed by atoms with Crippen molar-refractivity contribution in [3.05, 3.63) is 57.8 Å². The molecule has 2 aliphatic heterocycles. The third kappa shape index (κ3) is 3.60. The van der Waals surface area contributed by atoms with Crippen molar-refractivity contribution >= 4 is 27.9 Å². The lowest BCUT2D eigenvalue weighted by molar-refractivity contribution is -0.130. The van der Waals surface area contributed by atoms with Gasteiger partial charge in [0.2, 0.25) is 0 Å². The SMILES string of the molecule is CC[C@@H]1c2ccc(OCc3ccccn3)c(Br)c2C[C@H]2C(=O)N(C3CCCCC3)C(=O)N12. The number of fused-ring (bicyclic) bond motifs is 2. The molecule has 0 bridgehead atoms. The zero-order chi connectivity index (χ0) is 22.2. The molecule has 3 heterocycles. The van der Waals surface area contributed by atoms with E-state index in [1.807, 2.05) is 29.2 Å². The summed E-state index contributed by atoms with van der Waals surface area (Å²) < 4.78 is 6.92. The number of imide groups is 1. The number of urea groups is 1. The van der Waals surface area contributed by atoms with E-state index in [-0.39, 0.29) is 24.0 Å². The molecular formula is C25H28BrN3O3. The number of aromatic nitrogens is 1. The van der Waals surface area contributed by atoms with Crippen LogP contribution in [0.3, 0.4) is 0 Å². The fourth-order valence-corrected chi connectivity index (χ4v) is 6.12. The third-order valence-electron chi connectivity index (χ3n) is 7.05. The van der Waals surface area contributed by atoms with Crippen LogP contribution >= 0.6 is 15.9 Å². The average molecular weight is 498 g/mol. The molecule has 1 saturated heterocycles. The smallest absolute Gasteiger partial charge is 0.328 e. The van der Waals surface area contributed by atoms with Gasteiger partial charge in [-0.2, -0.15) is 0 Å². The highest BCUT2D eigenvalue weighted by Gasteiger charge is 2.53. The van der Waals surface area contributed by atoms with E-state index in [4.69, 9.17) is 4.74 Å². The first-order chi connectivity index (χ1) is 15.6. The maximum absolute atomic E-state index is 13.4. The Morgan fingerprint density at radius 1 is 1.12 bits per heavy atom. The molecule has 0 spiro atoms. The van der Waals surface area contributed by atoms with Gasteiger partial charge in [0.15, 0.2) is 0 Å². The number of hydrogen-bond donors (Lipinski definition) is 0. The van der Waals surface area contributed by atoms with Crippen molar-refractivity contribution in [3.8, 4) is 5.75 Å². The fourth-order valence-electron chi connectivity index (χ4n) is 5.48. The van der Waals surface area contributed by atoms with Crippen LogP contribution in [0.1, 0.15) is 68.3 Å². The van der Waals surface area contributed by atoms with Crippen LogP contribution in [0.15, 0.2) is 41.0 Å². The second kappa shape index (κ2) is 8.85. The number of hydrogen-bond acceptors (Lipinski definition) is 4. The maximum Gasteiger partial charge on any atom is 0.328 e. The number of ether oxygens (including phenoxy) is 1. The molecule has 5 rings (SSSR count). The number of carbonyl (C=O) groups excluding carboxylic acids is 2. The first-order valence-electron chi connectivity index (χ1n) is 11.6. The Labute approximate surface area is 197 Å². The molecule has 2 aromatic rings. The van der Waals surface area contributed by atoms with Crippen molar-refractivity contribution in [2.24, 2.45) is 0 Å². The van der Waals surface area contributed by atoms with E-state index in [1.165, 1.54) is 6.42 Å². The molecular weight excluding hydrogens is 470 g/mol. The van der Waals surface area contributed by atoms with Crippen LogP contribution in [0, 0.1) is 0 Å². The largest absolute Gasteiger partial charge is 0.486 e. The van der Waals surface area contributed by atoms with E-state index in [0.29, 0.717) is 13.0 Å². The number of nitrogens with zero attached hydrogens (tertiary/aromatic N) is 3. The van der Waals surface area contributed by atoms with E-state index in [0.717, 1.165) is 59.1 Å². The Hall–Kier alpha value is -2.41. The van der Waals surface area contributed by atoms with Crippen LogP contribution in [0.25, 0.3) is 0 Å². The van der Waals surface area contributed by atoms with Crippen LogP contribution in [0.5, 0.6) is 5.75 Å². The summed E-state index contributed by atoms with van der Waals surface area (Å²) in [6.45, 7) is 2.45. The average Bonchev–Trinajstić information content (AvgIpc) is 3.08. The maximum atomic E-state index is 13.4. The minimum atomic E-state index is -0.427. The molecule has 1 aliphatic carbocycles. The zero-order valence-corrected chi connectivity index (χ0v) is 19.9. The molecule has 1 aromatic heterocycles. The molecule has 2 fully saturated rings. The molecule has 7 heteroatoms. The lowest BCUT2D eigenvalue weighted by atomic mass is 9.87. The Morgan fingerprint density at radius 3 is 2.66 bits per heavy atom. The van der Waals surface area contributed by atoms with E-state index in [9.17, 15) is 9.59 Å². The van der Waals surface area contributed by atoms with Gasteiger partial charge < -0.3 is 9.64 Å². The van der Waals surface area contributed by atoms with Crippen molar-refractivity contribution in [1.82, 2.24) is 14.8 Å². The van der Waals surface area contributed by atoms with Crippen molar-refractivity contribution in [1.29, 1.82) is 0 Å². The Kier molecular flexibility index (Phi) is 5.93. The molecule has 6 nitrogen and oxygen atoms in total. The second-order valence-corrected chi connectivity index (χ2v) is 9.68. The lowest BCUT2D eigenvalue weighted by Crippen LogP contribution is -2.44. The van der Waals surface area contributed by atoms with E-state index in [1.54, 1.807) is 11.1 Å². The monoisotopic (exact) mass is 497 g/mol. The van der Waals surface area contributed by atoms with Crippen molar-refractivity contribution in [3.63, 3.8) is 0 Å². The number of benzene rings is 1. The van der Waals surface area contributed by atoms with Crippen molar-refractivity contribution in [2.75, 3.05) is 0 Å². The lowest BCUT2D eigenvalue weighted by Gasteiger charge is -2.37. The second-order valence-electron chi connectivity index (χ2n) is 8.89. The van der Waals surface area contributed by atoms with Gasteiger partial charge in [-0.15, -0.1) is 0 Å². The highest BCUT2D eigenvalue weighted by atomic mass is 79.9. The molecule has 3 aliphatic rings. The minimum Gasteiger partial charge on any atom is -0.486 e. The van der Waals surface area contributed by atoms with Crippen LogP contribution in [-0.2, 0) is 17.8 Å². The van der Waals surface area contributed by atoms with E-state index < -0.39 is 6.04 Å². The summed E-state index contributed by atoms with van der Waals surface area (Å²) in [5.74, 6) is 0.705. The summed E-state index contributed by atoms with van der Waals surface area (Å²) in [6, 6.07) is 9.18. The normalized spacial score (nSPS) is 23.3. The van der Waals surface area contributed by atoms with Gasteiger partial charge in [0.25, 0.3) is 5.91 Å². The van der Waals surface area contributed by atoms with Gasteiger partial charge in [0, 0.05) is 18.7 Å². The molecule has 2 atom stereocenters. The molecule has 168 valence electrons. The van der Waals surface area contributed by atoms with Gasteiger partial charge in [0.1, 0.15) is 18.4 Å². The molecule has 0 radical (unpaired) electrons. The highest BCUT2D eigenvalue weighted by molar-refractivity contribution is 9.10. The van der Waals surface area contributed by atoms with Crippen LogP contribution < -0.4 is 4.74 Å². The highest BCUT2D eigenvalue weighted by Crippen LogP contribution is 2.45. The summed E-state index contributed by atoms with van der Waals surface area (Å²) in [6.07, 6.45) is 8.26. The number of carbonyl (C=O) groups is 2. The van der Waals surface area contributed by atoms with Crippen molar-refractivity contribution < 1.29 is 14.3 Å². The van der Waals surface area contributed by atoms with Gasteiger partial charge in [-0.05, 0) is 64.5 Å². The summed E-state index contributed by atoms with van der Waals surface area (Å²) in [5.41, 5.74) is 3.03. The molecule has 32 heavy (non-hydrogen) atoms. The Bertz CT molecular complexity index is 1020. The Morgan fingerprint density at radius 2 is 1.94 bits per heavy atom. The number of halogens is 1. The summed E-state index contributed by atoms with van der Waals surface area (Å²) in [5, 5.41) is 0. The third-order valence-corrected chi connectivity index (χ3v) is 7.92. The fraction of sp³-hybridized carbons (Fsp3) is 0.480. The molecule has 1 aromatic carbocycles. The van der Waals surface area contributed by atoms with Crippen molar-refractivity contribution in [2.45, 2.75) is 76.6 Å². The quantitative estimate of drug-likeness (QED) is 0.519. The van der Waals surface area contributed by atoms with E-state index in [2.05, 4.69) is 33.9 Å². The number of rotatable bonds is 5. The van der Waals surface area contributed by atoms with Gasteiger partial charge in [0.05, 0.1) is 16.2 Å². The molecule has 0 unspecified atom stereocenters. The molecule has 1 saturated carbocycles. The van der Waals surface area contributed by atoms with Gasteiger partial charge in [-0.25, -0.2) is 4.79 Å². The minimum absolute atomic E-state index is 0.0299. The summed E-state index contributed by atoms with van der Waals surface area (Å²) >= 11 is 3.75. The molecule has 3 amide bonds. The first-order valence-corrected chi connectivity index (χ1v) is 12.4. The number of pyridine rings is 1. The van der Waals surface area contributed by atoms with Gasteiger partial charge in [-0.1, -0.05) is 38.3 Å². The summed E-state index contributed by atoms with van der Waals surface area (Å²) in [7, 11) is 0. The first kappa shape index (κ1) is 21.4. The predicted molar refractivity (Wildman–Crippen MR) is 124 cm³/mol. The Balaban J connectivity index is 1.43. The predicted octanol–water partition coefficient (Wildman–Crippen LogP) is 5.40.